The van der Waals surface area contributed by atoms with Gasteiger partial charge in [-0.2, -0.15) is 0 Å². The number of nitrogens with one attached hydrogen (secondary N) is 1. The maximum atomic E-state index is 12.7. The number of hydrogen-bond acceptors (Lipinski definition) is 6. The lowest BCUT2D eigenvalue weighted by molar-refractivity contribution is 0.0790. The van der Waals surface area contributed by atoms with Gasteiger partial charge in [-0.15, -0.1) is 0 Å². The third-order valence-electron chi connectivity index (χ3n) is 4.06. The van der Waals surface area contributed by atoms with Crippen LogP contribution in [-0.4, -0.2) is 44.3 Å². The molecule has 0 saturated carbocycles. The number of aryl methyl sites for hydroxylation is 1. The van der Waals surface area contributed by atoms with Gasteiger partial charge in [-0.1, -0.05) is 6.07 Å². The van der Waals surface area contributed by atoms with Crippen molar-refractivity contribution in [1.82, 2.24) is 24.8 Å². The number of carbonyl (C=O) groups is 1. The molecule has 0 aliphatic carbocycles. The lowest BCUT2D eigenvalue weighted by Crippen LogP contribution is -2.30. The first-order valence-corrected chi connectivity index (χ1v) is 8.75. The van der Waals surface area contributed by atoms with Gasteiger partial charge in [0.15, 0.2) is 0 Å². The molecule has 0 bridgehead atoms. The highest BCUT2D eigenvalue weighted by Gasteiger charge is 2.15. The molecule has 0 unspecified atom stereocenters. The van der Waals surface area contributed by atoms with Crippen LogP contribution in [0.1, 0.15) is 27.4 Å². The summed E-state index contributed by atoms with van der Waals surface area (Å²) >= 11 is 0. The number of anilines is 1. The van der Waals surface area contributed by atoms with Crippen molar-refractivity contribution in [2.75, 3.05) is 18.9 Å². The van der Waals surface area contributed by atoms with Crippen LogP contribution in [0.3, 0.4) is 0 Å². The van der Waals surface area contributed by atoms with E-state index in [0.717, 1.165) is 23.4 Å². The Labute approximate surface area is 158 Å². The first-order valence-electron chi connectivity index (χ1n) is 8.75. The Morgan fingerprint density at radius 2 is 1.93 bits per heavy atom. The first-order chi connectivity index (χ1) is 13.1. The molecule has 3 aromatic heterocycles. The molecule has 0 radical (unpaired) electrons. The van der Waals surface area contributed by atoms with Gasteiger partial charge in [-0.25, -0.2) is 9.97 Å². The molecule has 3 rings (SSSR count). The van der Waals surface area contributed by atoms with Crippen molar-refractivity contribution in [3.8, 4) is 0 Å². The van der Waals surface area contributed by atoms with E-state index in [1.54, 1.807) is 36.6 Å². The largest absolute Gasteiger partial charge is 0.349 e. The van der Waals surface area contributed by atoms with Gasteiger partial charge >= 0.3 is 0 Å². The van der Waals surface area contributed by atoms with E-state index in [0.29, 0.717) is 24.7 Å². The molecule has 138 valence electrons. The van der Waals surface area contributed by atoms with E-state index >= 15 is 0 Å². The van der Waals surface area contributed by atoms with Gasteiger partial charge in [-0.3, -0.25) is 14.8 Å². The minimum absolute atomic E-state index is 0.129. The Morgan fingerprint density at radius 3 is 2.67 bits per heavy atom. The van der Waals surface area contributed by atoms with Crippen molar-refractivity contribution in [2.24, 2.45) is 0 Å². The third kappa shape index (κ3) is 5.31. The molecular formula is C20H22N6O. The smallest absolute Gasteiger partial charge is 0.272 e. The molecule has 7 nitrogen and oxygen atoms in total. The maximum absolute atomic E-state index is 12.7. The Morgan fingerprint density at radius 1 is 1.11 bits per heavy atom. The van der Waals surface area contributed by atoms with Gasteiger partial charge in [0.05, 0.1) is 12.2 Å². The van der Waals surface area contributed by atoms with Crippen molar-refractivity contribution in [1.29, 1.82) is 0 Å². The van der Waals surface area contributed by atoms with Gasteiger partial charge in [0, 0.05) is 37.9 Å². The van der Waals surface area contributed by atoms with Crippen LogP contribution in [0, 0.1) is 6.92 Å². The second-order valence-electron chi connectivity index (χ2n) is 6.22. The van der Waals surface area contributed by atoms with Crippen LogP contribution < -0.4 is 5.32 Å². The van der Waals surface area contributed by atoms with E-state index in [1.807, 2.05) is 37.3 Å². The average Bonchev–Trinajstić information content (AvgIpc) is 2.71. The summed E-state index contributed by atoms with van der Waals surface area (Å²) in [4.78, 5) is 31.4. The van der Waals surface area contributed by atoms with E-state index in [2.05, 4.69) is 25.3 Å². The number of carbonyl (C=O) groups excluding carboxylic acids is 1. The third-order valence-corrected chi connectivity index (χ3v) is 4.06. The number of nitrogens with zero attached hydrogens (tertiary/aromatic N) is 5. The summed E-state index contributed by atoms with van der Waals surface area (Å²) < 4.78 is 0. The number of amides is 1. The zero-order valence-corrected chi connectivity index (χ0v) is 15.5. The van der Waals surface area contributed by atoms with Crippen LogP contribution in [-0.2, 0) is 13.0 Å². The molecule has 0 fully saturated rings. The second-order valence-corrected chi connectivity index (χ2v) is 6.22. The summed E-state index contributed by atoms with van der Waals surface area (Å²) in [7, 11) is 1.78. The Hall–Kier alpha value is -3.35. The molecule has 0 aliphatic heterocycles. The summed E-state index contributed by atoms with van der Waals surface area (Å²) in [5.41, 5.74) is 3.13. The quantitative estimate of drug-likeness (QED) is 0.695. The van der Waals surface area contributed by atoms with Crippen LogP contribution in [0.4, 0.5) is 5.95 Å². The molecule has 0 aromatic carbocycles. The summed E-state index contributed by atoms with van der Waals surface area (Å²) in [6.07, 6.45) is 6.01. The number of rotatable bonds is 7. The first kappa shape index (κ1) is 18.4. The van der Waals surface area contributed by atoms with Gasteiger partial charge in [0.1, 0.15) is 5.69 Å². The van der Waals surface area contributed by atoms with Crippen LogP contribution in [0.25, 0.3) is 0 Å². The number of hydrogen-bond donors (Lipinski definition) is 1. The Balaban J connectivity index is 1.64. The van der Waals surface area contributed by atoms with E-state index in [1.165, 1.54) is 0 Å². The zero-order valence-electron chi connectivity index (χ0n) is 15.5. The number of aromatic nitrogens is 4. The molecule has 3 heterocycles. The van der Waals surface area contributed by atoms with Crippen molar-refractivity contribution < 1.29 is 4.79 Å². The Kier molecular flexibility index (Phi) is 6.04. The van der Waals surface area contributed by atoms with Crippen LogP contribution in [0.5, 0.6) is 0 Å². The van der Waals surface area contributed by atoms with Crippen LogP contribution in [0.15, 0.2) is 55.0 Å². The van der Waals surface area contributed by atoms with Crippen LogP contribution in [0.2, 0.25) is 0 Å². The van der Waals surface area contributed by atoms with Gasteiger partial charge in [0.25, 0.3) is 5.91 Å². The van der Waals surface area contributed by atoms with Crippen LogP contribution >= 0.6 is 0 Å². The molecule has 27 heavy (non-hydrogen) atoms. The SMILES string of the molecule is Cc1cc(C(=O)N(C)CCc2ccncc2)nc(NCc2ccccn2)n1. The van der Waals surface area contributed by atoms with E-state index in [-0.39, 0.29) is 5.91 Å². The number of likely N-dealkylation sites (N-methyl/N-ethyl adjacent to an activating group) is 1. The highest BCUT2D eigenvalue weighted by Crippen LogP contribution is 2.09. The van der Waals surface area contributed by atoms with Crippen molar-refractivity contribution in [3.63, 3.8) is 0 Å². The second kappa shape index (κ2) is 8.84. The maximum Gasteiger partial charge on any atom is 0.272 e. The van der Waals surface area contributed by atoms with E-state index in [4.69, 9.17) is 0 Å². The standard InChI is InChI=1S/C20H22N6O/c1-15-13-18(19(27)26(2)12-8-16-6-10-21-11-7-16)25-20(24-15)23-14-17-5-3-4-9-22-17/h3-7,9-11,13H,8,12,14H2,1-2H3,(H,23,24,25). The monoisotopic (exact) mass is 362 g/mol. The molecule has 1 amide bonds. The molecule has 0 atom stereocenters. The minimum Gasteiger partial charge on any atom is -0.349 e. The molecule has 1 N–H and O–H groups in total. The van der Waals surface area contributed by atoms with Gasteiger partial charge in [-0.05, 0) is 49.2 Å². The lowest BCUT2D eigenvalue weighted by atomic mass is 10.2. The average molecular weight is 362 g/mol. The highest BCUT2D eigenvalue weighted by molar-refractivity contribution is 5.92. The van der Waals surface area contributed by atoms with Crippen molar-refractivity contribution >= 4 is 11.9 Å². The van der Waals surface area contributed by atoms with Crippen molar-refractivity contribution in [3.05, 3.63) is 77.6 Å². The minimum atomic E-state index is -0.129. The fourth-order valence-corrected chi connectivity index (χ4v) is 2.57. The fourth-order valence-electron chi connectivity index (χ4n) is 2.57. The Bertz CT molecular complexity index is 885. The predicted molar refractivity (Wildman–Crippen MR) is 103 cm³/mol. The van der Waals surface area contributed by atoms with Gasteiger partial charge in [0.2, 0.25) is 5.95 Å². The summed E-state index contributed by atoms with van der Waals surface area (Å²) in [5, 5.41) is 3.13. The lowest BCUT2D eigenvalue weighted by Gasteiger charge is -2.17. The molecule has 3 aromatic rings. The van der Waals surface area contributed by atoms with E-state index < -0.39 is 0 Å². The van der Waals surface area contributed by atoms with E-state index in [9.17, 15) is 4.79 Å². The number of pyridine rings is 2. The van der Waals surface area contributed by atoms with Gasteiger partial charge < -0.3 is 10.2 Å². The molecular weight excluding hydrogens is 340 g/mol. The highest BCUT2D eigenvalue weighted by atomic mass is 16.2. The molecule has 0 saturated heterocycles. The molecule has 7 heteroatoms. The van der Waals surface area contributed by atoms with Crippen molar-refractivity contribution in [2.45, 2.75) is 19.9 Å². The summed E-state index contributed by atoms with van der Waals surface area (Å²) in [6, 6.07) is 11.3. The topological polar surface area (TPSA) is 83.9 Å². The predicted octanol–water partition coefficient (Wildman–Crippen LogP) is 2.50. The zero-order chi connectivity index (χ0) is 19.1. The normalized spacial score (nSPS) is 10.4. The summed E-state index contributed by atoms with van der Waals surface area (Å²) in [6.45, 7) is 2.94. The summed E-state index contributed by atoms with van der Waals surface area (Å²) in [5.74, 6) is 0.293. The fraction of sp³-hybridized carbons (Fsp3) is 0.250. The molecule has 0 spiro atoms. The molecule has 0 aliphatic rings.